The van der Waals surface area contributed by atoms with E-state index in [1.807, 2.05) is 0 Å². The van der Waals surface area contributed by atoms with Gasteiger partial charge in [-0.15, -0.1) is 0 Å². The van der Waals surface area contributed by atoms with Crippen molar-refractivity contribution in [2.75, 3.05) is 26.8 Å². The highest BCUT2D eigenvalue weighted by molar-refractivity contribution is 6.31. The number of nitrogens with zero attached hydrogens (tertiary/aromatic N) is 1. The summed E-state index contributed by atoms with van der Waals surface area (Å²) < 4.78 is 18.1. The van der Waals surface area contributed by atoms with Crippen LogP contribution in [-0.4, -0.2) is 37.6 Å². The maximum Gasteiger partial charge on any atom is 0.226 e. The summed E-state index contributed by atoms with van der Waals surface area (Å²) in [5, 5.41) is 0.292. The number of ether oxygens (including phenoxy) is 1. The fraction of sp³-hybridized carbons (Fsp3) is 0.500. The van der Waals surface area contributed by atoms with Crippen LogP contribution in [0.15, 0.2) is 18.2 Å². The molecule has 1 aromatic carbocycles. The van der Waals surface area contributed by atoms with Gasteiger partial charge in [-0.1, -0.05) is 24.6 Å². The molecule has 0 aromatic heterocycles. The molecule has 0 aliphatic carbocycles. The van der Waals surface area contributed by atoms with Crippen molar-refractivity contribution in [2.45, 2.75) is 13.3 Å². The Kier molecular flexibility index (Phi) is 4.11. The second-order valence-electron chi connectivity index (χ2n) is 5.47. The number of carbonyl (C=O) groups is 1. The molecule has 1 aliphatic rings. The Hall–Kier alpha value is -1.13. The lowest BCUT2D eigenvalue weighted by molar-refractivity contribution is -0.141. The number of carbonyl (C=O) groups excluding carboxylic acids is 1. The highest BCUT2D eigenvalue weighted by atomic mass is 35.5. The van der Waals surface area contributed by atoms with E-state index in [9.17, 15) is 9.18 Å². The van der Waals surface area contributed by atoms with Crippen LogP contribution < -0.4 is 0 Å². The Morgan fingerprint density at radius 3 is 2.74 bits per heavy atom. The van der Waals surface area contributed by atoms with E-state index in [-0.39, 0.29) is 17.7 Å². The van der Waals surface area contributed by atoms with Crippen molar-refractivity contribution in [3.63, 3.8) is 0 Å². The Bertz CT molecular complexity index is 488. The number of amides is 1. The molecule has 1 fully saturated rings. The van der Waals surface area contributed by atoms with Crippen molar-refractivity contribution in [3.8, 4) is 0 Å². The first-order valence-electron chi connectivity index (χ1n) is 6.15. The highest BCUT2D eigenvalue weighted by Gasteiger charge is 2.35. The standard InChI is InChI=1S/C14H17ClFNO2/c1-14(8-19-9-14)7-17(2)13(18)5-10-3-4-11(16)6-12(10)15/h3-4,6H,5,7-9H2,1-2H3. The average molecular weight is 286 g/mol. The van der Waals surface area contributed by atoms with Crippen LogP contribution in [0.3, 0.4) is 0 Å². The number of halogens is 2. The Labute approximate surface area is 117 Å². The fourth-order valence-electron chi connectivity index (χ4n) is 2.17. The van der Waals surface area contributed by atoms with Gasteiger partial charge in [-0.25, -0.2) is 4.39 Å². The summed E-state index contributed by atoms with van der Waals surface area (Å²) in [6.07, 6.45) is 0.187. The minimum absolute atomic E-state index is 0.0263. The summed E-state index contributed by atoms with van der Waals surface area (Å²) in [7, 11) is 1.77. The van der Waals surface area contributed by atoms with Crippen molar-refractivity contribution < 1.29 is 13.9 Å². The molecular formula is C14H17ClFNO2. The zero-order chi connectivity index (χ0) is 14.0. The molecule has 0 radical (unpaired) electrons. The smallest absolute Gasteiger partial charge is 0.226 e. The molecule has 1 aliphatic heterocycles. The monoisotopic (exact) mass is 285 g/mol. The van der Waals surface area contributed by atoms with Crippen LogP contribution in [0.2, 0.25) is 5.02 Å². The van der Waals surface area contributed by atoms with Crippen LogP contribution in [0, 0.1) is 11.2 Å². The number of hydrogen-bond donors (Lipinski definition) is 0. The first-order chi connectivity index (χ1) is 8.89. The largest absolute Gasteiger partial charge is 0.380 e. The summed E-state index contributed by atoms with van der Waals surface area (Å²) in [4.78, 5) is 13.8. The van der Waals surface area contributed by atoms with Gasteiger partial charge in [-0.3, -0.25) is 4.79 Å². The summed E-state index contributed by atoms with van der Waals surface area (Å²) in [6.45, 7) is 4.11. The van der Waals surface area contributed by atoms with Gasteiger partial charge >= 0.3 is 0 Å². The topological polar surface area (TPSA) is 29.5 Å². The number of likely N-dealkylation sites (N-methyl/N-ethyl adjacent to an activating group) is 1. The van der Waals surface area contributed by atoms with Crippen molar-refractivity contribution >= 4 is 17.5 Å². The van der Waals surface area contributed by atoms with E-state index in [1.54, 1.807) is 18.0 Å². The van der Waals surface area contributed by atoms with Crippen LogP contribution >= 0.6 is 11.6 Å². The van der Waals surface area contributed by atoms with Gasteiger partial charge < -0.3 is 9.64 Å². The van der Waals surface area contributed by atoms with Crippen LogP contribution in [0.1, 0.15) is 12.5 Å². The lowest BCUT2D eigenvalue weighted by Crippen LogP contribution is -2.49. The molecule has 0 saturated carbocycles. The molecule has 0 bridgehead atoms. The van der Waals surface area contributed by atoms with Crippen molar-refractivity contribution in [1.29, 1.82) is 0 Å². The minimum Gasteiger partial charge on any atom is -0.380 e. The molecule has 1 saturated heterocycles. The van der Waals surface area contributed by atoms with E-state index in [1.165, 1.54) is 12.1 Å². The molecule has 2 rings (SSSR count). The molecule has 104 valence electrons. The van der Waals surface area contributed by atoms with Gasteiger partial charge in [0.1, 0.15) is 5.82 Å². The van der Waals surface area contributed by atoms with Gasteiger partial charge in [0, 0.05) is 24.0 Å². The van der Waals surface area contributed by atoms with Crippen LogP contribution in [0.4, 0.5) is 4.39 Å². The number of hydrogen-bond acceptors (Lipinski definition) is 2. The Morgan fingerprint density at radius 2 is 2.21 bits per heavy atom. The van der Waals surface area contributed by atoms with Gasteiger partial charge in [-0.05, 0) is 17.7 Å². The van der Waals surface area contributed by atoms with E-state index in [0.29, 0.717) is 30.3 Å². The first kappa shape index (κ1) is 14.3. The van der Waals surface area contributed by atoms with Gasteiger partial charge in [-0.2, -0.15) is 0 Å². The summed E-state index contributed by atoms with van der Waals surface area (Å²) in [6, 6.07) is 4.10. The second kappa shape index (κ2) is 5.47. The Morgan fingerprint density at radius 1 is 1.53 bits per heavy atom. The molecule has 19 heavy (non-hydrogen) atoms. The van der Waals surface area contributed by atoms with Crippen LogP contribution in [0.25, 0.3) is 0 Å². The molecular weight excluding hydrogens is 269 g/mol. The molecule has 0 unspecified atom stereocenters. The maximum absolute atomic E-state index is 12.9. The normalized spacial score (nSPS) is 16.8. The lowest BCUT2D eigenvalue weighted by Gasteiger charge is -2.40. The van der Waals surface area contributed by atoms with E-state index in [2.05, 4.69) is 6.92 Å². The van der Waals surface area contributed by atoms with Crippen LogP contribution in [-0.2, 0) is 16.0 Å². The summed E-state index contributed by atoms with van der Waals surface area (Å²) in [5.41, 5.74) is 0.701. The number of benzene rings is 1. The van der Waals surface area contributed by atoms with Gasteiger partial charge in [0.2, 0.25) is 5.91 Å². The van der Waals surface area contributed by atoms with E-state index in [0.717, 1.165) is 0 Å². The van der Waals surface area contributed by atoms with Crippen molar-refractivity contribution in [1.82, 2.24) is 4.90 Å². The molecule has 1 aromatic rings. The highest BCUT2D eigenvalue weighted by Crippen LogP contribution is 2.27. The number of rotatable bonds is 4. The molecule has 0 atom stereocenters. The minimum atomic E-state index is -0.395. The van der Waals surface area contributed by atoms with Crippen molar-refractivity contribution in [2.24, 2.45) is 5.41 Å². The lowest BCUT2D eigenvalue weighted by atomic mass is 9.88. The quantitative estimate of drug-likeness (QED) is 0.851. The molecule has 1 amide bonds. The summed E-state index contributed by atoms with van der Waals surface area (Å²) >= 11 is 5.92. The molecule has 0 spiro atoms. The Balaban J connectivity index is 1.96. The van der Waals surface area contributed by atoms with Crippen molar-refractivity contribution in [3.05, 3.63) is 34.6 Å². The zero-order valence-corrected chi connectivity index (χ0v) is 11.8. The fourth-order valence-corrected chi connectivity index (χ4v) is 2.40. The third kappa shape index (κ3) is 3.45. The predicted octanol–water partition coefficient (Wildman–Crippen LogP) is 2.52. The van der Waals surface area contributed by atoms with E-state index in [4.69, 9.17) is 16.3 Å². The summed E-state index contributed by atoms with van der Waals surface area (Å²) in [5.74, 6) is -0.421. The van der Waals surface area contributed by atoms with Gasteiger partial charge in [0.05, 0.1) is 19.6 Å². The average Bonchev–Trinajstić information content (AvgIpc) is 2.30. The van der Waals surface area contributed by atoms with E-state index < -0.39 is 5.82 Å². The molecule has 1 heterocycles. The second-order valence-corrected chi connectivity index (χ2v) is 5.87. The van der Waals surface area contributed by atoms with Gasteiger partial charge in [0.25, 0.3) is 0 Å². The van der Waals surface area contributed by atoms with Crippen LogP contribution in [0.5, 0.6) is 0 Å². The first-order valence-corrected chi connectivity index (χ1v) is 6.53. The third-order valence-corrected chi connectivity index (χ3v) is 3.65. The SMILES string of the molecule is CN(CC1(C)COC1)C(=O)Cc1ccc(F)cc1Cl. The molecule has 5 heteroatoms. The zero-order valence-electron chi connectivity index (χ0n) is 11.1. The third-order valence-electron chi connectivity index (χ3n) is 3.30. The molecule has 3 nitrogen and oxygen atoms in total. The van der Waals surface area contributed by atoms with E-state index >= 15 is 0 Å². The maximum atomic E-state index is 12.9. The van der Waals surface area contributed by atoms with Gasteiger partial charge in [0.15, 0.2) is 0 Å². The predicted molar refractivity (Wildman–Crippen MR) is 71.7 cm³/mol. The molecule has 0 N–H and O–H groups in total.